The van der Waals surface area contributed by atoms with Crippen molar-refractivity contribution in [2.24, 2.45) is 0 Å². The molecule has 1 heterocycles. The van der Waals surface area contributed by atoms with Crippen LogP contribution in [-0.2, 0) is 15.9 Å². The molecule has 9 heteroatoms. The van der Waals surface area contributed by atoms with Gasteiger partial charge in [-0.1, -0.05) is 62.0 Å². The van der Waals surface area contributed by atoms with E-state index in [-0.39, 0.29) is 34.5 Å². The van der Waals surface area contributed by atoms with E-state index >= 15 is 0 Å². The van der Waals surface area contributed by atoms with Crippen molar-refractivity contribution in [3.05, 3.63) is 71.5 Å². The van der Waals surface area contributed by atoms with E-state index in [2.05, 4.69) is 53.3 Å². The van der Waals surface area contributed by atoms with Gasteiger partial charge in [0.25, 0.3) is 0 Å². The molecule has 30 heavy (non-hydrogen) atoms. The van der Waals surface area contributed by atoms with Crippen LogP contribution >= 0.6 is 11.8 Å². The van der Waals surface area contributed by atoms with Crippen LogP contribution in [0, 0.1) is 0 Å². The number of hydrogen-bond acceptors (Lipinski definition) is 6. The fraction of sp³-hybridized carbons (Fsp3) is 0.333. The molecule has 2 atom stereocenters. The number of rotatable bonds is 9. The molecule has 1 N–H and O–H groups in total. The maximum Gasteiger partial charge on any atom is 1.00 e. The first-order chi connectivity index (χ1) is 13.9. The molecule has 0 radical (unpaired) electrons. The molecule has 0 amide bonds. The molecule has 0 aliphatic carbocycles. The number of aromatic amines is 1. The van der Waals surface area contributed by atoms with E-state index in [0.717, 1.165) is 29.3 Å². The summed E-state index contributed by atoms with van der Waals surface area (Å²) in [6.45, 7) is 4.33. The number of hydrogen-bond donors (Lipinski definition) is 1. The fourth-order valence-corrected chi connectivity index (χ4v) is 4.57. The number of thioether (sulfide) groups is 1. The Morgan fingerprint density at radius 3 is 2.23 bits per heavy atom. The Hall–Kier alpha value is -1.16. The van der Waals surface area contributed by atoms with Crippen molar-refractivity contribution in [2.75, 3.05) is 0 Å². The molecule has 2 unspecified atom stereocenters. The maximum atomic E-state index is 11.1. The van der Waals surface area contributed by atoms with Crippen molar-refractivity contribution in [3.8, 4) is 0 Å². The number of nitrogens with one attached hydrogen (secondary N) is 1. The van der Waals surface area contributed by atoms with Crippen molar-refractivity contribution in [1.29, 1.82) is 0 Å². The normalized spacial score (nSPS) is 13.4. The third-order valence-electron chi connectivity index (χ3n) is 5.09. The second kappa shape index (κ2) is 11.5. The number of aromatic nitrogens is 3. The Bertz CT molecular complexity index is 1010. The molecule has 0 aliphatic heterocycles. The molecule has 0 aliphatic rings. The monoisotopic (exact) mass is 453 g/mol. The van der Waals surface area contributed by atoms with Crippen LogP contribution in [0.5, 0.6) is 0 Å². The van der Waals surface area contributed by atoms with Crippen LogP contribution in [0.2, 0.25) is 0 Å². The van der Waals surface area contributed by atoms with Crippen LogP contribution in [0.1, 0.15) is 55.2 Å². The van der Waals surface area contributed by atoms with E-state index in [0.29, 0.717) is 11.8 Å². The van der Waals surface area contributed by atoms with Crippen LogP contribution in [0.25, 0.3) is 0 Å². The van der Waals surface area contributed by atoms with E-state index < -0.39 is 10.1 Å². The molecule has 0 saturated heterocycles. The Labute approximate surface area is 204 Å². The van der Waals surface area contributed by atoms with Crippen molar-refractivity contribution >= 4 is 21.9 Å². The van der Waals surface area contributed by atoms with Gasteiger partial charge in [0, 0.05) is 5.75 Å². The van der Waals surface area contributed by atoms with E-state index in [9.17, 15) is 13.0 Å². The molecule has 0 spiro atoms. The summed E-state index contributed by atoms with van der Waals surface area (Å²) in [5.74, 6) is 1.49. The van der Waals surface area contributed by atoms with E-state index in [1.165, 1.54) is 29.6 Å². The third-order valence-corrected chi connectivity index (χ3v) is 6.89. The second-order valence-electron chi connectivity index (χ2n) is 7.09. The Kier molecular flexibility index (Phi) is 9.59. The molecule has 0 saturated carbocycles. The molecule has 0 bridgehead atoms. The van der Waals surface area contributed by atoms with Crippen LogP contribution in [0.15, 0.2) is 64.9 Å². The van der Waals surface area contributed by atoms with E-state index in [1.807, 2.05) is 0 Å². The summed E-state index contributed by atoms with van der Waals surface area (Å²) in [6.07, 6.45) is 3.40. The first-order valence-electron chi connectivity index (χ1n) is 9.49. The van der Waals surface area contributed by atoms with Gasteiger partial charge in [-0.05, 0) is 53.5 Å². The van der Waals surface area contributed by atoms with Crippen molar-refractivity contribution in [1.82, 2.24) is 15.2 Å². The minimum absolute atomic E-state index is 0. The molecule has 2 aromatic carbocycles. The van der Waals surface area contributed by atoms with Gasteiger partial charge in [-0.15, -0.1) is 0 Å². The Balaban J connectivity index is 0.00000320. The van der Waals surface area contributed by atoms with Crippen molar-refractivity contribution in [3.63, 3.8) is 0 Å². The van der Waals surface area contributed by atoms with Crippen LogP contribution in [0.3, 0.4) is 0 Å². The van der Waals surface area contributed by atoms with Gasteiger partial charge in [-0.3, -0.25) is 5.10 Å². The first kappa shape index (κ1) is 25.1. The second-order valence-corrected chi connectivity index (χ2v) is 9.43. The largest absolute Gasteiger partial charge is 1.00 e. The molecule has 3 rings (SSSR count). The zero-order chi connectivity index (χ0) is 20.9. The molecule has 0 fully saturated rings. The number of benzene rings is 2. The summed E-state index contributed by atoms with van der Waals surface area (Å²) in [6, 6.07) is 15.0. The average Bonchev–Trinajstić information content (AvgIpc) is 3.24. The van der Waals surface area contributed by atoms with Gasteiger partial charge in [0.15, 0.2) is 5.16 Å². The van der Waals surface area contributed by atoms with Gasteiger partial charge in [-0.25, -0.2) is 13.4 Å². The molecule has 1 aromatic heterocycles. The summed E-state index contributed by atoms with van der Waals surface area (Å²) in [5, 5.41) is 7.50. The Morgan fingerprint density at radius 2 is 1.70 bits per heavy atom. The van der Waals surface area contributed by atoms with Crippen LogP contribution < -0.4 is 29.6 Å². The summed E-state index contributed by atoms with van der Waals surface area (Å²) < 4.78 is 33.4. The summed E-state index contributed by atoms with van der Waals surface area (Å²) >= 11 is 1.61. The van der Waals surface area contributed by atoms with E-state index in [4.69, 9.17) is 0 Å². The predicted octanol–water partition coefficient (Wildman–Crippen LogP) is 1.69. The summed E-state index contributed by atoms with van der Waals surface area (Å²) in [7, 11) is -4.40. The van der Waals surface area contributed by atoms with Crippen molar-refractivity contribution in [2.45, 2.75) is 54.3 Å². The third kappa shape index (κ3) is 6.93. The minimum atomic E-state index is -4.40. The molecule has 6 nitrogen and oxygen atoms in total. The molecular weight excluding hydrogens is 429 g/mol. The average molecular weight is 454 g/mol. The van der Waals surface area contributed by atoms with Gasteiger partial charge >= 0.3 is 29.6 Å². The van der Waals surface area contributed by atoms with Gasteiger partial charge in [-0.2, -0.15) is 5.10 Å². The van der Waals surface area contributed by atoms with Crippen LogP contribution in [-0.4, -0.2) is 28.2 Å². The topological polar surface area (TPSA) is 98.8 Å². The quantitative estimate of drug-likeness (QED) is 0.301. The summed E-state index contributed by atoms with van der Waals surface area (Å²) in [4.78, 5) is 3.93. The zero-order valence-electron chi connectivity index (χ0n) is 17.4. The SMILES string of the molecule is CCC(CC(C)c1ccc(CSc2ncn[nH]2)cc1)c1ccc(S(=O)(=O)[O-])cc1.[Na+]. The van der Waals surface area contributed by atoms with Gasteiger partial charge in [0.1, 0.15) is 16.4 Å². The van der Waals surface area contributed by atoms with E-state index in [1.54, 1.807) is 23.9 Å². The number of nitrogens with zero attached hydrogens (tertiary/aromatic N) is 2. The minimum Gasteiger partial charge on any atom is -0.744 e. The molecule has 3 aromatic rings. The van der Waals surface area contributed by atoms with Gasteiger partial charge in [0.2, 0.25) is 0 Å². The predicted molar refractivity (Wildman–Crippen MR) is 113 cm³/mol. The molecular formula is C21H24N3NaO3S2. The maximum absolute atomic E-state index is 11.1. The van der Waals surface area contributed by atoms with Gasteiger partial charge in [0.05, 0.1) is 4.90 Å². The number of H-pyrrole nitrogens is 1. The van der Waals surface area contributed by atoms with Crippen LogP contribution in [0.4, 0.5) is 0 Å². The fourth-order valence-electron chi connectivity index (χ4n) is 3.37. The molecule has 154 valence electrons. The first-order valence-corrected chi connectivity index (χ1v) is 11.9. The van der Waals surface area contributed by atoms with Crippen molar-refractivity contribution < 1.29 is 42.5 Å². The Morgan fingerprint density at radius 1 is 1.07 bits per heavy atom. The zero-order valence-corrected chi connectivity index (χ0v) is 21.0. The standard InChI is InChI=1S/C21H25N3O3S2.Na/c1-3-17(19-8-10-20(11-9-19)29(25,26)27)12-15(2)18-6-4-16(5-7-18)13-28-21-22-14-23-24-21;/h4-11,14-15,17H,3,12-13H2,1-2H3,(H,22,23,24)(H,25,26,27);/q;+1/p-1. The summed E-state index contributed by atoms with van der Waals surface area (Å²) in [5.41, 5.74) is 3.56. The van der Waals surface area contributed by atoms with Gasteiger partial charge < -0.3 is 4.55 Å². The smallest absolute Gasteiger partial charge is 0.744 e.